The highest BCUT2D eigenvalue weighted by atomic mass is 16.3. The molecular formula is C20H22N2O2. The number of nitrogens with two attached hydrogens (primary N) is 1. The van der Waals surface area contributed by atoms with E-state index in [0.717, 1.165) is 30.6 Å². The van der Waals surface area contributed by atoms with Crippen molar-refractivity contribution in [3.05, 3.63) is 65.7 Å². The monoisotopic (exact) mass is 322 g/mol. The summed E-state index contributed by atoms with van der Waals surface area (Å²) in [4.78, 5) is 14.9. The molecule has 4 nitrogen and oxygen atoms in total. The van der Waals surface area contributed by atoms with Crippen LogP contribution in [0.2, 0.25) is 0 Å². The van der Waals surface area contributed by atoms with Crippen molar-refractivity contribution in [3.63, 3.8) is 0 Å². The summed E-state index contributed by atoms with van der Waals surface area (Å²) in [5.74, 6) is -0.349. The summed E-state index contributed by atoms with van der Waals surface area (Å²) in [5, 5.41) is 10.4. The molecule has 0 aromatic heterocycles. The molecule has 0 spiro atoms. The lowest BCUT2D eigenvalue weighted by molar-refractivity contribution is -0.133. The third-order valence-electron chi connectivity index (χ3n) is 6.06. The number of nitrogens with zero attached hydrogens (tertiary/aromatic N) is 1. The Morgan fingerprint density at radius 2 is 1.79 bits per heavy atom. The van der Waals surface area contributed by atoms with E-state index in [1.165, 1.54) is 5.56 Å². The largest absolute Gasteiger partial charge is 0.394 e. The number of aliphatic hydroxyl groups excluding tert-OH is 1. The van der Waals surface area contributed by atoms with Crippen LogP contribution in [0, 0.1) is 0 Å². The van der Waals surface area contributed by atoms with Crippen molar-refractivity contribution < 1.29 is 9.90 Å². The number of hydrogen-bond donors (Lipinski definition) is 2. The van der Waals surface area contributed by atoms with Gasteiger partial charge in [0.25, 0.3) is 0 Å². The molecule has 1 amide bonds. The molecule has 1 aliphatic carbocycles. The second kappa shape index (κ2) is 5.35. The lowest BCUT2D eigenvalue weighted by atomic mass is 9.50. The summed E-state index contributed by atoms with van der Waals surface area (Å²) in [6.45, 7) is 0.723. The van der Waals surface area contributed by atoms with Crippen LogP contribution in [-0.4, -0.2) is 29.7 Å². The van der Waals surface area contributed by atoms with Gasteiger partial charge in [0.1, 0.15) is 0 Å². The zero-order valence-electron chi connectivity index (χ0n) is 13.6. The number of para-hydroxylation sites is 1. The number of rotatable bonds is 4. The summed E-state index contributed by atoms with van der Waals surface area (Å²) in [7, 11) is 0. The first-order valence-corrected chi connectivity index (χ1v) is 8.47. The van der Waals surface area contributed by atoms with Crippen LogP contribution >= 0.6 is 0 Å². The summed E-state index contributed by atoms with van der Waals surface area (Å²) in [6, 6.07) is 17.9. The van der Waals surface area contributed by atoms with Crippen LogP contribution in [0.3, 0.4) is 0 Å². The molecule has 124 valence electrons. The Hall–Kier alpha value is -2.33. The predicted octanol–water partition coefficient (Wildman–Crippen LogP) is 2.00. The van der Waals surface area contributed by atoms with Crippen molar-refractivity contribution in [1.82, 2.24) is 0 Å². The van der Waals surface area contributed by atoms with Crippen LogP contribution < -0.4 is 10.6 Å². The van der Waals surface area contributed by atoms with Crippen LogP contribution in [0.15, 0.2) is 54.6 Å². The van der Waals surface area contributed by atoms with E-state index in [0.29, 0.717) is 6.42 Å². The van der Waals surface area contributed by atoms with E-state index in [-0.39, 0.29) is 12.5 Å². The van der Waals surface area contributed by atoms with E-state index in [1.807, 2.05) is 42.5 Å². The fraction of sp³-hybridized carbons (Fsp3) is 0.350. The highest BCUT2D eigenvalue weighted by Crippen LogP contribution is 2.57. The van der Waals surface area contributed by atoms with Crippen molar-refractivity contribution in [3.8, 4) is 0 Å². The Kier molecular flexibility index (Phi) is 3.39. The maximum Gasteiger partial charge on any atom is 0.230 e. The molecule has 1 heterocycles. The first-order chi connectivity index (χ1) is 11.7. The number of primary amides is 1. The number of carbonyl (C=O) groups is 1. The smallest absolute Gasteiger partial charge is 0.230 e. The van der Waals surface area contributed by atoms with E-state index >= 15 is 0 Å². The zero-order valence-corrected chi connectivity index (χ0v) is 13.6. The minimum Gasteiger partial charge on any atom is -0.394 e. The second-order valence-electron chi connectivity index (χ2n) is 6.86. The highest BCUT2D eigenvalue weighted by Gasteiger charge is 2.66. The molecule has 0 saturated heterocycles. The Bertz CT molecular complexity index is 772. The Balaban J connectivity index is 1.87. The molecule has 2 aromatic rings. The van der Waals surface area contributed by atoms with Gasteiger partial charge in [-0.25, -0.2) is 0 Å². The van der Waals surface area contributed by atoms with Crippen molar-refractivity contribution in [2.24, 2.45) is 5.73 Å². The summed E-state index contributed by atoms with van der Waals surface area (Å²) >= 11 is 0. The molecule has 1 aliphatic heterocycles. The van der Waals surface area contributed by atoms with Gasteiger partial charge in [-0.2, -0.15) is 0 Å². The second-order valence-corrected chi connectivity index (χ2v) is 6.86. The van der Waals surface area contributed by atoms with Gasteiger partial charge in [0.2, 0.25) is 5.91 Å². The van der Waals surface area contributed by atoms with Crippen LogP contribution in [0.5, 0.6) is 0 Å². The maximum atomic E-state index is 12.6. The highest BCUT2D eigenvalue weighted by molar-refractivity contribution is 5.91. The SMILES string of the molecule is NC(=O)[C@]1(c2ccccc2)CC[C@@]1(CO)N1CCc2ccccc21. The topological polar surface area (TPSA) is 66.6 Å². The van der Waals surface area contributed by atoms with Gasteiger partial charge in [0.05, 0.1) is 17.6 Å². The van der Waals surface area contributed by atoms with E-state index in [1.54, 1.807) is 0 Å². The predicted molar refractivity (Wildman–Crippen MR) is 93.9 cm³/mol. The number of aliphatic hydroxyl groups is 1. The minimum absolute atomic E-state index is 0.0842. The number of hydrogen-bond acceptors (Lipinski definition) is 3. The Morgan fingerprint density at radius 3 is 2.42 bits per heavy atom. The third kappa shape index (κ3) is 1.75. The fourth-order valence-electron chi connectivity index (χ4n) is 4.74. The van der Waals surface area contributed by atoms with Gasteiger partial charge in [-0.15, -0.1) is 0 Å². The summed E-state index contributed by atoms with van der Waals surface area (Å²) < 4.78 is 0. The van der Waals surface area contributed by atoms with Gasteiger partial charge in [0, 0.05) is 12.2 Å². The zero-order chi connectivity index (χ0) is 16.8. The lowest BCUT2D eigenvalue weighted by Crippen LogP contribution is -2.75. The number of anilines is 1. The van der Waals surface area contributed by atoms with Gasteiger partial charge in [-0.3, -0.25) is 4.79 Å². The molecule has 0 bridgehead atoms. The summed E-state index contributed by atoms with van der Waals surface area (Å²) in [6.07, 6.45) is 2.36. The molecule has 2 atom stereocenters. The molecule has 1 saturated carbocycles. The van der Waals surface area contributed by atoms with Gasteiger partial charge in [-0.05, 0) is 36.5 Å². The lowest BCUT2D eigenvalue weighted by Gasteiger charge is -2.61. The molecule has 4 rings (SSSR count). The quantitative estimate of drug-likeness (QED) is 0.905. The van der Waals surface area contributed by atoms with Gasteiger partial charge >= 0.3 is 0 Å². The number of amides is 1. The van der Waals surface area contributed by atoms with Crippen LogP contribution in [0.25, 0.3) is 0 Å². The molecule has 2 aromatic carbocycles. The standard InChI is InChI=1S/C20H22N2O2/c21-18(24)20(16-7-2-1-3-8-16)12-11-19(20,14-23)22-13-10-15-6-4-5-9-17(15)22/h1-9,23H,10-14H2,(H2,21,24)/t19-,20+/m0/s1. The van der Waals surface area contributed by atoms with Crippen molar-refractivity contribution in [2.45, 2.75) is 30.2 Å². The molecule has 1 fully saturated rings. The summed E-state index contributed by atoms with van der Waals surface area (Å²) in [5.41, 5.74) is 7.71. The molecule has 0 radical (unpaired) electrons. The Morgan fingerprint density at radius 1 is 1.08 bits per heavy atom. The van der Waals surface area contributed by atoms with Crippen LogP contribution in [-0.2, 0) is 16.6 Å². The average molecular weight is 322 g/mol. The maximum absolute atomic E-state index is 12.6. The third-order valence-corrected chi connectivity index (χ3v) is 6.06. The van der Waals surface area contributed by atoms with Gasteiger partial charge in [0.15, 0.2) is 0 Å². The van der Waals surface area contributed by atoms with Crippen LogP contribution in [0.4, 0.5) is 5.69 Å². The normalized spacial score (nSPS) is 28.3. The minimum atomic E-state index is -0.847. The van der Waals surface area contributed by atoms with E-state index in [2.05, 4.69) is 17.0 Å². The fourth-order valence-corrected chi connectivity index (χ4v) is 4.74. The molecule has 3 N–H and O–H groups in total. The average Bonchev–Trinajstić information content (AvgIpc) is 3.01. The van der Waals surface area contributed by atoms with Gasteiger partial charge < -0.3 is 15.7 Å². The molecule has 4 heteroatoms. The first kappa shape index (κ1) is 15.2. The molecule has 0 unspecified atom stereocenters. The first-order valence-electron chi connectivity index (χ1n) is 8.47. The molecular weight excluding hydrogens is 300 g/mol. The van der Waals surface area contributed by atoms with Gasteiger partial charge in [-0.1, -0.05) is 48.5 Å². The van der Waals surface area contributed by atoms with Crippen molar-refractivity contribution >= 4 is 11.6 Å². The van der Waals surface area contributed by atoms with Crippen molar-refractivity contribution in [2.75, 3.05) is 18.1 Å². The van der Waals surface area contributed by atoms with Crippen LogP contribution in [0.1, 0.15) is 24.0 Å². The van der Waals surface area contributed by atoms with E-state index in [9.17, 15) is 9.90 Å². The van der Waals surface area contributed by atoms with Crippen molar-refractivity contribution in [1.29, 1.82) is 0 Å². The number of fused-ring (bicyclic) bond motifs is 1. The number of benzene rings is 2. The van der Waals surface area contributed by atoms with E-state index < -0.39 is 11.0 Å². The Labute approximate surface area is 141 Å². The number of carbonyl (C=O) groups excluding carboxylic acids is 1. The van der Waals surface area contributed by atoms with E-state index in [4.69, 9.17) is 5.73 Å². The molecule has 24 heavy (non-hydrogen) atoms. The molecule has 2 aliphatic rings.